The smallest absolute Gasteiger partial charge is 0.336 e. The summed E-state index contributed by atoms with van der Waals surface area (Å²) in [5.41, 5.74) is 0.996. The Balaban J connectivity index is 3.11. The number of allylic oxidation sites excluding steroid dienone is 2. The summed E-state index contributed by atoms with van der Waals surface area (Å²) in [4.78, 5) is 10.7. The molecule has 1 aromatic rings. The Morgan fingerprint density at radius 2 is 2.08 bits per heavy atom. The Labute approximate surface area is 76.8 Å². The van der Waals surface area contributed by atoms with Crippen LogP contribution in [0.4, 0.5) is 0 Å². The molecular formula is C11H10O2. The predicted octanol–water partition coefficient (Wildman–Crippen LogP) is 2.58. The van der Waals surface area contributed by atoms with E-state index in [0.29, 0.717) is 11.1 Å². The van der Waals surface area contributed by atoms with Crippen molar-refractivity contribution < 1.29 is 9.90 Å². The zero-order valence-corrected chi connectivity index (χ0v) is 7.10. The van der Waals surface area contributed by atoms with E-state index in [2.05, 4.69) is 6.58 Å². The van der Waals surface area contributed by atoms with Crippen LogP contribution in [-0.2, 0) is 0 Å². The number of aromatic carboxylic acids is 1. The van der Waals surface area contributed by atoms with Gasteiger partial charge in [0.15, 0.2) is 0 Å². The minimum Gasteiger partial charge on any atom is -0.478 e. The molecular weight excluding hydrogens is 164 g/mol. The Morgan fingerprint density at radius 1 is 1.38 bits per heavy atom. The third kappa shape index (κ3) is 2.30. The van der Waals surface area contributed by atoms with Gasteiger partial charge < -0.3 is 5.11 Å². The maximum atomic E-state index is 10.7. The molecule has 0 bridgehead atoms. The van der Waals surface area contributed by atoms with Crippen LogP contribution in [0, 0.1) is 0 Å². The fourth-order valence-corrected chi connectivity index (χ4v) is 1.01. The summed E-state index contributed by atoms with van der Waals surface area (Å²) in [6.45, 7) is 3.52. The number of hydrogen-bond donors (Lipinski definition) is 1. The summed E-state index contributed by atoms with van der Waals surface area (Å²) < 4.78 is 0. The topological polar surface area (TPSA) is 37.3 Å². The third-order valence-electron chi connectivity index (χ3n) is 1.60. The first kappa shape index (κ1) is 9.26. The van der Waals surface area contributed by atoms with Gasteiger partial charge in [0.1, 0.15) is 0 Å². The van der Waals surface area contributed by atoms with Crippen molar-refractivity contribution in [3.05, 3.63) is 54.1 Å². The van der Waals surface area contributed by atoms with E-state index < -0.39 is 5.97 Å². The first-order valence-electron chi connectivity index (χ1n) is 3.87. The predicted molar refractivity (Wildman–Crippen MR) is 52.6 cm³/mol. The molecule has 1 rings (SSSR count). The molecule has 1 aromatic carbocycles. The number of carbonyl (C=O) groups is 1. The average Bonchev–Trinajstić information content (AvgIpc) is 2.15. The maximum absolute atomic E-state index is 10.7. The highest BCUT2D eigenvalue weighted by Crippen LogP contribution is 2.10. The number of hydrogen-bond acceptors (Lipinski definition) is 1. The molecule has 0 aliphatic rings. The standard InChI is InChI=1S/C11H10O2/c1-2-3-6-9-7-4-5-8-10(9)11(12)13/h2-8H,1H2,(H,12,13). The second-order valence-electron chi connectivity index (χ2n) is 2.49. The van der Waals surface area contributed by atoms with E-state index >= 15 is 0 Å². The lowest BCUT2D eigenvalue weighted by Gasteiger charge is -1.98. The van der Waals surface area contributed by atoms with Crippen molar-refractivity contribution in [2.24, 2.45) is 0 Å². The van der Waals surface area contributed by atoms with Crippen molar-refractivity contribution in [3.8, 4) is 0 Å². The van der Waals surface area contributed by atoms with E-state index in [1.165, 1.54) is 0 Å². The Kier molecular flexibility index (Phi) is 3.03. The number of rotatable bonds is 3. The highest BCUT2D eigenvalue weighted by atomic mass is 16.4. The minimum absolute atomic E-state index is 0.306. The van der Waals surface area contributed by atoms with Crippen molar-refractivity contribution in [1.82, 2.24) is 0 Å². The van der Waals surface area contributed by atoms with Gasteiger partial charge in [0.05, 0.1) is 5.56 Å². The third-order valence-corrected chi connectivity index (χ3v) is 1.60. The van der Waals surface area contributed by atoms with Crippen LogP contribution in [0.25, 0.3) is 6.08 Å². The molecule has 0 aromatic heterocycles. The highest BCUT2D eigenvalue weighted by molar-refractivity contribution is 5.92. The zero-order chi connectivity index (χ0) is 9.68. The van der Waals surface area contributed by atoms with Crippen LogP contribution in [-0.4, -0.2) is 11.1 Å². The van der Waals surface area contributed by atoms with Crippen molar-refractivity contribution in [2.75, 3.05) is 0 Å². The van der Waals surface area contributed by atoms with Crippen LogP contribution in [0.2, 0.25) is 0 Å². The van der Waals surface area contributed by atoms with Gasteiger partial charge in [0, 0.05) is 0 Å². The largest absolute Gasteiger partial charge is 0.478 e. The molecule has 1 N–H and O–H groups in total. The van der Waals surface area contributed by atoms with Gasteiger partial charge in [-0.25, -0.2) is 4.79 Å². The summed E-state index contributed by atoms with van der Waals surface area (Å²) >= 11 is 0. The molecule has 0 fully saturated rings. The van der Waals surface area contributed by atoms with Gasteiger partial charge in [0.25, 0.3) is 0 Å². The van der Waals surface area contributed by atoms with E-state index in [9.17, 15) is 4.79 Å². The molecule has 66 valence electrons. The van der Waals surface area contributed by atoms with Gasteiger partial charge in [-0.15, -0.1) is 0 Å². The van der Waals surface area contributed by atoms with Crippen molar-refractivity contribution in [1.29, 1.82) is 0 Å². The maximum Gasteiger partial charge on any atom is 0.336 e. The monoisotopic (exact) mass is 174 g/mol. The molecule has 0 aliphatic heterocycles. The van der Waals surface area contributed by atoms with Gasteiger partial charge in [-0.1, -0.05) is 43.0 Å². The van der Waals surface area contributed by atoms with Crippen molar-refractivity contribution in [2.45, 2.75) is 0 Å². The summed E-state index contributed by atoms with van der Waals surface area (Å²) in [6, 6.07) is 6.83. The second-order valence-corrected chi connectivity index (χ2v) is 2.49. The minimum atomic E-state index is -0.913. The molecule has 2 nitrogen and oxygen atoms in total. The van der Waals surface area contributed by atoms with Crippen LogP contribution in [0.1, 0.15) is 15.9 Å². The fourth-order valence-electron chi connectivity index (χ4n) is 1.01. The average molecular weight is 174 g/mol. The van der Waals surface area contributed by atoms with Gasteiger partial charge in [-0.3, -0.25) is 0 Å². The van der Waals surface area contributed by atoms with E-state index in [-0.39, 0.29) is 0 Å². The van der Waals surface area contributed by atoms with E-state index in [0.717, 1.165) is 0 Å². The molecule has 0 atom stereocenters. The molecule has 0 spiro atoms. The van der Waals surface area contributed by atoms with Crippen LogP contribution >= 0.6 is 0 Å². The Hall–Kier alpha value is -1.83. The number of carboxylic acids is 1. The second kappa shape index (κ2) is 4.26. The molecule has 0 saturated carbocycles. The molecule has 0 radical (unpaired) electrons. The molecule has 0 saturated heterocycles. The summed E-state index contributed by atoms with van der Waals surface area (Å²) in [7, 11) is 0. The lowest BCUT2D eigenvalue weighted by molar-refractivity contribution is 0.0696. The van der Waals surface area contributed by atoms with Crippen LogP contribution in [0.15, 0.2) is 43.0 Å². The molecule has 0 heterocycles. The van der Waals surface area contributed by atoms with Gasteiger partial charge >= 0.3 is 5.97 Å². The van der Waals surface area contributed by atoms with Crippen LogP contribution in [0.5, 0.6) is 0 Å². The molecule has 0 unspecified atom stereocenters. The van der Waals surface area contributed by atoms with Crippen LogP contribution in [0.3, 0.4) is 0 Å². The summed E-state index contributed by atoms with van der Waals surface area (Å²) in [6.07, 6.45) is 5.04. The Morgan fingerprint density at radius 3 is 2.69 bits per heavy atom. The van der Waals surface area contributed by atoms with E-state index in [1.807, 2.05) is 0 Å². The van der Waals surface area contributed by atoms with Gasteiger partial charge in [-0.2, -0.15) is 0 Å². The summed E-state index contributed by atoms with van der Waals surface area (Å²) in [5, 5.41) is 8.81. The number of benzene rings is 1. The van der Waals surface area contributed by atoms with Crippen LogP contribution < -0.4 is 0 Å². The van der Waals surface area contributed by atoms with Gasteiger partial charge in [0.2, 0.25) is 0 Å². The SMILES string of the molecule is C=CC=Cc1ccccc1C(=O)O. The highest BCUT2D eigenvalue weighted by Gasteiger charge is 2.04. The number of carboxylic acid groups (broad SMARTS) is 1. The first-order valence-corrected chi connectivity index (χ1v) is 3.87. The quantitative estimate of drug-likeness (QED) is 0.715. The molecule has 2 heteroatoms. The summed E-state index contributed by atoms with van der Waals surface area (Å²) in [5.74, 6) is -0.913. The van der Waals surface area contributed by atoms with E-state index in [4.69, 9.17) is 5.11 Å². The van der Waals surface area contributed by atoms with Crippen molar-refractivity contribution >= 4 is 12.0 Å². The lowest BCUT2D eigenvalue weighted by atomic mass is 10.1. The molecule has 13 heavy (non-hydrogen) atoms. The van der Waals surface area contributed by atoms with Crippen molar-refractivity contribution in [3.63, 3.8) is 0 Å². The first-order chi connectivity index (χ1) is 6.25. The Bertz CT molecular complexity index is 351. The van der Waals surface area contributed by atoms with Gasteiger partial charge in [-0.05, 0) is 11.6 Å². The fraction of sp³-hybridized carbons (Fsp3) is 0. The van der Waals surface area contributed by atoms with E-state index in [1.54, 1.807) is 42.5 Å². The zero-order valence-electron chi connectivity index (χ0n) is 7.10. The molecule has 0 aliphatic carbocycles. The normalized spacial score (nSPS) is 10.2. The lowest BCUT2D eigenvalue weighted by Crippen LogP contribution is -1.98. The molecule has 0 amide bonds.